The van der Waals surface area contributed by atoms with Gasteiger partial charge < -0.3 is 5.32 Å². The highest BCUT2D eigenvalue weighted by atomic mass is 35.5. The second kappa shape index (κ2) is 10.3. The van der Waals surface area contributed by atoms with Crippen LogP contribution in [0.5, 0.6) is 0 Å². The first kappa shape index (κ1) is 21.9. The number of thioether (sulfide) groups is 1. The van der Waals surface area contributed by atoms with E-state index in [0.29, 0.717) is 17.9 Å². The van der Waals surface area contributed by atoms with Crippen molar-refractivity contribution in [1.82, 2.24) is 10.3 Å². The lowest BCUT2D eigenvalue weighted by molar-refractivity contribution is 0.0967. The minimum atomic E-state index is 0. The first-order chi connectivity index (χ1) is 12.5. The Morgan fingerprint density at radius 3 is 2.70 bits per heavy atom. The fourth-order valence-electron chi connectivity index (χ4n) is 3.18. The number of Topliss-reactive ketones (excluding diaryl/α,β-unsaturated/α-hetero) is 1. The van der Waals surface area contributed by atoms with Crippen molar-refractivity contribution < 1.29 is 4.79 Å². The lowest BCUT2D eigenvalue weighted by atomic mass is 10.0. The molecule has 1 aromatic carbocycles. The SMILES string of the molecule is C.CC(C)CC(=O)c1ccc(CSc2c(Cl)ccc3c2CCNCC3)nc1. The summed E-state index contributed by atoms with van der Waals surface area (Å²) >= 11 is 8.23. The number of carbonyl (C=O) groups is 1. The van der Waals surface area contributed by atoms with Gasteiger partial charge in [0, 0.05) is 28.8 Å². The average Bonchev–Trinajstić information content (AvgIpc) is 2.86. The van der Waals surface area contributed by atoms with Gasteiger partial charge in [-0.1, -0.05) is 38.9 Å². The Hall–Kier alpha value is -1.36. The van der Waals surface area contributed by atoms with Crippen molar-refractivity contribution in [1.29, 1.82) is 0 Å². The van der Waals surface area contributed by atoms with Crippen molar-refractivity contribution in [3.63, 3.8) is 0 Å². The molecule has 0 saturated heterocycles. The molecule has 146 valence electrons. The van der Waals surface area contributed by atoms with Gasteiger partial charge in [-0.05, 0) is 61.2 Å². The summed E-state index contributed by atoms with van der Waals surface area (Å²) in [5, 5.41) is 4.27. The highest BCUT2D eigenvalue weighted by Crippen LogP contribution is 2.35. The Morgan fingerprint density at radius 1 is 1.22 bits per heavy atom. The van der Waals surface area contributed by atoms with Crippen molar-refractivity contribution in [3.8, 4) is 0 Å². The van der Waals surface area contributed by atoms with Crippen LogP contribution in [0.2, 0.25) is 5.02 Å². The Kier molecular flexibility index (Phi) is 8.33. The molecular formula is C22H29ClN2OS. The van der Waals surface area contributed by atoms with E-state index in [1.54, 1.807) is 18.0 Å². The summed E-state index contributed by atoms with van der Waals surface area (Å²) in [5.41, 5.74) is 4.43. The zero-order chi connectivity index (χ0) is 18.5. The number of ketones is 1. The van der Waals surface area contributed by atoms with Crippen molar-refractivity contribution >= 4 is 29.1 Å². The van der Waals surface area contributed by atoms with E-state index in [9.17, 15) is 4.79 Å². The van der Waals surface area contributed by atoms with Crippen molar-refractivity contribution in [2.75, 3.05) is 13.1 Å². The van der Waals surface area contributed by atoms with Crippen LogP contribution in [0.1, 0.15) is 54.9 Å². The first-order valence-electron chi connectivity index (χ1n) is 9.16. The topological polar surface area (TPSA) is 42.0 Å². The Morgan fingerprint density at radius 2 is 2.00 bits per heavy atom. The van der Waals surface area contributed by atoms with Gasteiger partial charge in [0.05, 0.1) is 10.7 Å². The summed E-state index contributed by atoms with van der Waals surface area (Å²) in [6.45, 7) is 6.12. The molecule has 27 heavy (non-hydrogen) atoms. The number of pyridine rings is 1. The third-order valence-electron chi connectivity index (χ3n) is 4.54. The Balaban J connectivity index is 0.00000261. The third-order valence-corrected chi connectivity index (χ3v) is 6.16. The third kappa shape index (κ3) is 5.81. The molecule has 0 radical (unpaired) electrons. The molecule has 3 nitrogen and oxygen atoms in total. The molecule has 0 bridgehead atoms. The van der Waals surface area contributed by atoms with Gasteiger partial charge >= 0.3 is 0 Å². The number of nitrogens with one attached hydrogen (secondary N) is 1. The van der Waals surface area contributed by atoms with Gasteiger partial charge in [0.15, 0.2) is 5.78 Å². The molecule has 0 spiro atoms. The molecular weight excluding hydrogens is 376 g/mol. The van der Waals surface area contributed by atoms with E-state index in [4.69, 9.17) is 11.6 Å². The summed E-state index contributed by atoms with van der Waals surface area (Å²) in [6, 6.07) is 8.01. The van der Waals surface area contributed by atoms with Gasteiger partial charge in [-0.2, -0.15) is 0 Å². The molecule has 1 aromatic heterocycles. The smallest absolute Gasteiger partial charge is 0.164 e. The van der Waals surface area contributed by atoms with E-state index >= 15 is 0 Å². The summed E-state index contributed by atoms with van der Waals surface area (Å²) in [6.07, 6.45) is 4.33. The maximum atomic E-state index is 12.1. The number of benzene rings is 1. The summed E-state index contributed by atoms with van der Waals surface area (Å²) in [5.74, 6) is 1.28. The van der Waals surface area contributed by atoms with Gasteiger partial charge in [0.1, 0.15) is 0 Å². The number of aromatic nitrogens is 1. The molecule has 3 rings (SSSR count). The van der Waals surface area contributed by atoms with E-state index in [-0.39, 0.29) is 13.2 Å². The molecule has 2 heterocycles. The zero-order valence-corrected chi connectivity index (χ0v) is 16.9. The monoisotopic (exact) mass is 404 g/mol. The molecule has 5 heteroatoms. The number of carbonyl (C=O) groups excluding carboxylic acids is 1. The summed E-state index contributed by atoms with van der Waals surface area (Å²) in [4.78, 5) is 17.8. The quantitative estimate of drug-likeness (QED) is 0.504. The highest BCUT2D eigenvalue weighted by molar-refractivity contribution is 7.98. The average molecular weight is 405 g/mol. The molecule has 0 unspecified atom stereocenters. The van der Waals surface area contributed by atoms with Crippen molar-refractivity contribution in [2.24, 2.45) is 5.92 Å². The molecule has 1 N–H and O–H groups in total. The molecule has 0 aliphatic carbocycles. The van der Waals surface area contributed by atoms with Crippen LogP contribution in [0, 0.1) is 5.92 Å². The van der Waals surface area contributed by atoms with Crippen LogP contribution in [-0.4, -0.2) is 23.9 Å². The maximum Gasteiger partial charge on any atom is 0.164 e. The maximum absolute atomic E-state index is 12.1. The van der Waals surface area contributed by atoms with Crippen LogP contribution < -0.4 is 5.32 Å². The van der Waals surface area contributed by atoms with E-state index in [0.717, 1.165) is 42.4 Å². The van der Waals surface area contributed by atoms with Crippen LogP contribution in [0.25, 0.3) is 0 Å². The lowest BCUT2D eigenvalue weighted by Gasteiger charge is -2.13. The zero-order valence-electron chi connectivity index (χ0n) is 15.3. The van der Waals surface area contributed by atoms with Crippen LogP contribution in [0.3, 0.4) is 0 Å². The Bertz CT molecular complexity index is 775. The minimum absolute atomic E-state index is 0. The van der Waals surface area contributed by atoms with Crippen LogP contribution in [0.4, 0.5) is 0 Å². The van der Waals surface area contributed by atoms with Gasteiger partial charge in [-0.15, -0.1) is 11.8 Å². The Labute approximate surface area is 172 Å². The molecule has 2 aromatic rings. The molecule has 0 saturated carbocycles. The number of nitrogens with zero attached hydrogens (tertiary/aromatic N) is 1. The standard InChI is InChI=1S/C21H25ClN2OS.CH4/c1-14(2)11-20(25)16-3-5-17(24-12-16)13-26-21-18-8-10-23-9-7-15(18)4-6-19(21)22;/h3-6,12,14,23H,7-11,13H2,1-2H3;1H4. The van der Waals surface area contributed by atoms with Crippen LogP contribution >= 0.6 is 23.4 Å². The number of hydrogen-bond acceptors (Lipinski definition) is 4. The summed E-state index contributed by atoms with van der Waals surface area (Å²) in [7, 11) is 0. The fourth-order valence-corrected chi connectivity index (χ4v) is 4.59. The molecule has 1 aliphatic heterocycles. The van der Waals surface area contributed by atoms with Crippen LogP contribution in [0.15, 0.2) is 35.4 Å². The second-order valence-corrected chi connectivity index (χ2v) is 8.51. The van der Waals surface area contributed by atoms with E-state index in [1.165, 1.54) is 16.0 Å². The van der Waals surface area contributed by atoms with E-state index in [1.807, 2.05) is 18.2 Å². The predicted octanol–water partition coefficient (Wildman–Crippen LogP) is 5.58. The predicted molar refractivity (Wildman–Crippen MR) is 116 cm³/mol. The highest BCUT2D eigenvalue weighted by Gasteiger charge is 2.16. The van der Waals surface area contributed by atoms with Gasteiger partial charge in [0.25, 0.3) is 0 Å². The number of fused-ring (bicyclic) bond motifs is 1. The molecule has 0 amide bonds. The molecule has 1 aliphatic rings. The molecule has 0 atom stereocenters. The van der Waals surface area contributed by atoms with Gasteiger partial charge in [0.2, 0.25) is 0 Å². The second-order valence-electron chi connectivity index (χ2n) is 7.11. The van der Waals surface area contributed by atoms with E-state index in [2.05, 4.69) is 30.2 Å². The number of hydrogen-bond donors (Lipinski definition) is 1. The molecule has 0 fully saturated rings. The van der Waals surface area contributed by atoms with Crippen LogP contribution in [-0.2, 0) is 18.6 Å². The first-order valence-corrected chi connectivity index (χ1v) is 10.5. The van der Waals surface area contributed by atoms with Crippen molar-refractivity contribution in [2.45, 2.75) is 51.2 Å². The summed E-state index contributed by atoms with van der Waals surface area (Å²) < 4.78 is 0. The van der Waals surface area contributed by atoms with Crippen molar-refractivity contribution in [3.05, 3.63) is 57.9 Å². The number of rotatable bonds is 6. The van der Waals surface area contributed by atoms with Gasteiger partial charge in [-0.3, -0.25) is 9.78 Å². The fraction of sp³-hybridized carbons (Fsp3) is 0.455. The normalized spacial score (nSPS) is 13.6. The van der Waals surface area contributed by atoms with E-state index < -0.39 is 0 Å². The lowest BCUT2D eigenvalue weighted by Crippen LogP contribution is -2.16. The largest absolute Gasteiger partial charge is 0.316 e. The number of halogens is 1. The minimum Gasteiger partial charge on any atom is -0.316 e. The van der Waals surface area contributed by atoms with Gasteiger partial charge in [-0.25, -0.2) is 0 Å².